The zero-order valence-electron chi connectivity index (χ0n) is 8.86. The van der Waals surface area contributed by atoms with Crippen LogP contribution >= 0.6 is 0 Å². The molecular weight excluding hydrogens is 186 g/mol. The van der Waals surface area contributed by atoms with Crippen molar-refractivity contribution in [2.24, 2.45) is 0 Å². The Labute approximate surface area is 90.3 Å². The molecule has 0 aliphatic carbocycles. The first-order valence-corrected chi connectivity index (χ1v) is 5.14. The van der Waals surface area contributed by atoms with Gasteiger partial charge in [0.25, 0.3) is 0 Å². The highest BCUT2D eigenvalue weighted by atomic mass is 16.5. The number of dihydropyridines is 1. The Morgan fingerprint density at radius 2 is 2.20 bits per heavy atom. The van der Waals surface area contributed by atoms with Gasteiger partial charge in [0.1, 0.15) is 12.4 Å². The molecule has 0 unspecified atom stereocenters. The summed E-state index contributed by atoms with van der Waals surface area (Å²) >= 11 is 0. The minimum Gasteiger partial charge on any atom is -0.487 e. The van der Waals surface area contributed by atoms with Gasteiger partial charge >= 0.3 is 0 Å². The van der Waals surface area contributed by atoms with Crippen molar-refractivity contribution in [3.05, 3.63) is 53.8 Å². The highest BCUT2D eigenvalue weighted by Crippen LogP contribution is 2.16. The van der Waals surface area contributed by atoms with Crippen molar-refractivity contribution < 1.29 is 4.74 Å². The molecule has 0 saturated heterocycles. The van der Waals surface area contributed by atoms with E-state index in [9.17, 15) is 0 Å². The summed E-state index contributed by atoms with van der Waals surface area (Å²) in [6, 6.07) is 8.06. The smallest absolute Gasteiger partial charge is 0.128 e. The van der Waals surface area contributed by atoms with Crippen molar-refractivity contribution in [1.29, 1.82) is 0 Å². The zero-order chi connectivity index (χ0) is 10.5. The molecule has 0 saturated carbocycles. The average Bonchev–Trinajstić information content (AvgIpc) is 2.29. The normalized spacial score (nSPS) is 14.3. The minimum atomic E-state index is 0.606. The van der Waals surface area contributed by atoms with Gasteiger partial charge in [-0.25, -0.2) is 0 Å². The number of benzene rings is 1. The van der Waals surface area contributed by atoms with Crippen molar-refractivity contribution in [1.82, 2.24) is 5.32 Å². The lowest BCUT2D eigenvalue weighted by molar-refractivity contribution is 0.341. The van der Waals surface area contributed by atoms with E-state index in [1.165, 1.54) is 5.56 Å². The van der Waals surface area contributed by atoms with Crippen LogP contribution in [-0.4, -0.2) is 13.2 Å². The van der Waals surface area contributed by atoms with Crippen LogP contribution in [0.3, 0.4) is 0 Å². The lowest BCUT2D eigenvalue weighted by Crippen LogP contribution is -2.20. The summed E-state index contributed by atoms with van der Waals surface area (Å²) in [4.78, 5) is 0. The molecule has 1 heterocycles. The van der Waals surface area contributed by atoms with Crippen LogP contribution in [0.4, 0.5) is 0 Å². The fourth-order valence-electron chi connectivity index (χ4n) is 1.47. The van der Waals surface area contributed by atoms with Crippen LogP contribution < -0.4 is 10.1 Å². The third-order valence-electron chi connectivity index (χ3n) is 2.36. The Kier molecular flexibility index (Phi) is 3.08. The van der Waals surface area contributed by atoms with Crippen molar-refractivity contribution in [2.75, 3.05) is 13.2 Å². The Hall–Kier alpha value is -1.70. The van der Waals surface area contributed by atoms with Crippen LogP contribution in [0.25, 0.3) is 0 Å². The number of rotatable bonds is 3. The van der Waals surface area contributed by atoms with E-state index in [0.29, 0.717) is 6.61 Å². The van der Waals surface area contributed by atoms with Gasteiger partial charge in [0, 0.05) is 12.2 Å². The molecular formula is C13H15NO. The largest absolute Gasteiger partial charge is 0.487 e. The molecule has 2 nitrogen and oxygen atoms in total. The lowest BCUT2D eigenvalue weighted by Gasteiger charge is -2.14. The lowest BCUT2D eigenvalue weighted by atomic mass is 10.2. The molecule has 1 aromatic carbocycles. The number of hydrogen-bond donors (Lipinski definition) is 1. The SMILES string of the molecule is Cc1ccccc1OCC1=CC=CCN1. The van der Waals surface area contributed by atoms with Gasteiger partial charge in [0.05, 0.1) is 0 Å². The predicted molar refractivity (Wildman–Crippen MR) is 61.9 cm³/mol. The number of aryl methyl sites for hydroxylation is 1. The van der Waals surface area contributed by atoms with Gasteiger partial charge in [0.2, 0.25) is 0 Å². The van der Waals surface area contributed by atoms with Crippen molar-refractivity contribution in [2.45, 2.75) is 6.92 Å². The van der Waals surface area contributed by atoms with Crippen LogP contribution in [0.5, 0.6) is 5.75 Å². The Morgan fingerprint density at radius 3 is 2.93 bits per heavy atom. The summed E-state index contributed by atoms with van der Waals surface area (Å²) in [7, 11) is 0. The van der Waals surface area contributed by atoms with E-state index in [1.54, 1.807) is 0 Å². The molecule has 15 heavy (non-hydrogen) atoms. The number of para-hydroxylation sites is 1. The maximum absolute atomic E-state index is 5.71. The van der Waals surface area contributed by atoms with Crippen molar-refractivity contribution >= 4 is 0 Å². The van der Waals surface area contributed by atoms with Crippen LogP contribution in [-0.2, 0) is 0 Å². The Balaban J connectivity index is 1.96. The molecule has 1 aromatic rings. The van der Waals surface area contributed by atoms with Gasteiger partial charge in [-0.3, -0.25) is 0 Å². The van der Waals surface area contributed by atoms with Crippen molar-refractivity contribution in [3.8, 4) is 5.75 Å². The Bertz CT molecular complexity index is 393. The standard InChI is InChI=1S/C13H15NO/c1-11-6-2-3-8-13(11)15-10-12-7-4-5-9-14-12/h2-8,14H,9-10H2,1H3. The molecule has 0 fully saturated rings. The Morgan fingerprint density at radius 1 is 1.33 bits per heavy atom. The van der Waals surface area contributed by atoms with Gasteiger partial charge in [-0.1, -0.05) is 30.4 Å². The summed E-state index contributed by atoms with van der Waals surface area (Å²) < 4.78 is 5.71. The maximum atomic E-state index is 5.71. The molecule has 0 spiro atoms. The zero-order valence-corrected chi connectivity index (χ0v) is 8.86. The topological polar surface area (TPSA) is 21.3 Å². The van der Waals surface area contributed by atoms with Gasteiger partial charge in [-0.15, -0.1) is 0 Å². The number of nitrogens with one attached hydrogen (secondary N) is 1. The highest BCUT2D eigenvalue weighted by molar-refractivity contribution is 5.32. The van der Waals surface area contributed by atoms with Crippen LogP contribution in [0, 0.1) is 6.92 Å². The molecule has 2 heteroatoms. The minimum absolute atomic E-state index is 0.606. The second-order valence-corrected chi connectivity index (χ2v) is 3.56. The van der Waals surface area contributed by atoms with E-state index in [1.807, 2.05) is 30.4 Å². The monoisotopic (exact) mass is 201 g/mol. The third kappa shape index (κ3) is 2.62. The predicted octanol–water partition coefficient (Wildman–Crippen LogP) is 2.42. The van der Waals surface area contributed by atoms with Crippen LogP contribution in [0.15, 0.2) is 48.2 Å². The second kappa shape index (κ2) is 4.69. The third-order valence-corrected chi connectivity index (χ3v) is 2.36. The molecule has 0 atom stereocenters. The van der Waals surface area contributed by atoms with Crippen LogP contribution in [0.2, 0.25) is 0 Å². The summed E-state index contributed by atoms with van der Waals surface area (Å²) in [5, 5.41) is 3.26. The van der Waals surface area contributed by atoms with Gasteiger partial charge in [-0.05, 0) is 24.6 Å². The van der Waals surface area contributed by atoms with Crippen molar-refractivity contribution in [3.63, 3.8) is 0 Å². The molecule has 0 radical (unpaired) electrons. The molecule has 0 amide bonds. The average molecular weight is 201 g/mol. The van der Waals surface area contributed by atoms with E-state index in [2.05, 4.69) is 24.4 Å². The van der Waals surface area contributed by atoms with E-state index in [4.69, 9.17) is 4.74 Å². The second-order valence-electron chi connectivity index (χ2n) is 3.56. The van der Waals surface area contributed by atoms with E-state index < -0.39 is 0 Å². The van der Waals surface area contributed by atoms with E-state index >= 15 is 0 Å². The molecule has 0 aromatic heterocycles. The molecule has 78 valence electrons. The summed E-state index contributed by atoms with van der Waals surface area (Å²) in [5.74, 6) is 0.953. The fourth-order valence-corrected chi connectivity index (χ4v) is 1.47. The number of allylic oxidation sites excluding steroid dienone is 2. The van der Waals surface area contributed by atoms with E-state index in [-0.39, 0.29) is 0 Å². The highest BCUT2D eigenvalue weighted by Gasteiger charge is 2.01. The molecule has 2 rings (SSSR count). The molecule has 0 bridgehead atoms. The fraction of sp³-hybridized carbons (Fsp3) is 0.231. The number of hydrogen-bond acceptors (Lipinski definition) is 2. The van der Waals surface area contributed by atoms with E-state index in [0.717, 1.165) is 18.0 Å². The molecule has 1 aliphatic rings. The first-order valence-electron chi connectivity index (χ1n) is 5.14. The van der Waals surface area contributed by atoms with Gasteiger partial charge < -0.3 is 10.1 Å². The maximum Gasteiger partial charge on any atom is 0.128 e. The molecule has 1 N–H and O–H groups in total. The number of ether oxygens (including phenoxy) is 1. The summed E-state index contributed by atoms with van der Waals surface area (Å²) in [6.07, 6.45) is 6.17. The summed E-state index contributed by atoms with van der Waals surface area (Å²) in [6.45, 7) is 3.55. The first kappa shape index (κ1) is 9.84. The van der Waals surface area contributed by atoms with Gasteiger partial charge in [-0.2, -0.15) is 0 Å². The van der Waals surface area contributed by atoms with Gasteiger partial charge in [0.15, 0.2) is 0 Å². The molecule has 1 aliphatic heterocycles. The van der Waals surface area contributed by atoms with Crippen LogP contribution in [0.1, 0.15) is 5.56 Å². The first-order chi connectivity index (χ1) is 7.36. The summed E-state index contributed by atoms with van der Waals surface area (Å²) in [5.41, 5.74) is 2.30. The quantitative estimate of drug-likeness (QED) is 0.811.